The minimum absolute atomic E-state index is 0.750. The SMILES string of the molecule is CCCNc1cncc(SC2CCCCC2)n1. The summed E-state index contributed by atoms with van der Waals surface area (Å²) in [6.45, 7) is 3.12. The molecular formula is C13H21N3S. The van der Waals surface area contributed by atoms with Crippen LogP contribution in [-0.2, 0) is 0 Å². The van der Waals surface area contributed by atoms with Gasteiger partial charge in [-0.25, -0.2) is 4.98 Å². The molecule has 4 heteroatoms. The molecule has 0 aliphatic heterocycles. The summed E-state index contributed by atoms with van der Waals surface area (Å²) in [5.74, 6) is 0.910. The maximum atomic E-state index is 4.59. The Morgan fingerprint density at radius 3 is 2.88 bits per heavy atom. The molecule has 0 atom stereocenters. The summed E-state index contributed by atoms with van der Waals surface area (Å²) < 4.78 is 0. The highest BCUT2D eigenvalue weighted by atomic mass is 32.2. The van der Waals surface area contributed by atoms with Crippen molar-refractivity contribution in [2.45, 2.75) is 55.7 Å². The molecule has 94 valence electrons. The van der Waals surface area contributed by atoms with Crippen LogP contribution >= 0.6 is 11.8 Å². The van der Waals surface area contributed by atoms with E-state index in [0.717, 1.165) is 29.1 Å². The lowest BCUT2D eigenvalue weighted by Crippen LogP contribution is -2.09. The van der Waals surface area contributed by atoms with Crippen LogP contribution in [0.25, 0.3) is 0 Å². The van der Waals surface area contributed by atoms with E-state index in [2.05, 4.69) is 22.2 Å². The molecule has 1 aliphatic carbocycles. The highest BCUT2D eigenvalue weighted by molar-refractivity contribution is 7.99. The van der Waals surface area contributed by atoms with E-state index < -0.39 is 0 Å². The number of hydrogen-bond acceptors (Lipinski definition) is 4. The Labute approximate surface area is 108 Å². The number of nitrogens with one attached hydrogen (secondary N) is 1. The van der Waals surface area contributed by atoms with Crippen molar-refractivity contribution in [3.63, 3.8) is 0 Å². The number of nitrogens with zero attached hydrogens (tertiary/aromatic N) is 2. The Hall–Kier alpha value is -0.770. The van der Waals surface area contributed by atoms with Crippen LogP contribution in [0.3, 0.4) is 0 Å². The largest absolute Gasteiger partial charge is 0.369 e. The smallest absolute Gasteiger partial charge is 0.145 e. The van der Waals surface area contributed by atoms with Gasteiger partial charge in [0.15, 0.2) is 0 Å². The molecule has 1 saturated carbocycles. The molecule has 3 nitrogen and oxygen atoms in total. The number of anilines is 1. The Bertz CT molecular complexity index is 337. The predicted molar refractivity (Wildman–Crippen MR) is 73.5 cm³/mol. The first-order valence-electron chi connectivity index (χ1n) is 6.61. The zero-order chi connectivity index (χ0) is 11.9. The summed E-state index contributed by atoms with van der Waals surface area (Å²) in [7, 11) is 0. The second-order valence-corrected chi connectivity index (χ2v) is 5.87. The minimum atomic E-state index is 0.750. The average molecular weight is 251 g/mol. The van der Waals surface area contributed by atoms with Crippen LogP contribution in [0.1, 0.15) is 45.4 Å². The number of rotatable bonds is 5. The van der Waals surface area contributed by atoms with Gasteiger partial charge in [-0.1, -0.05) is 26.2 Å². The van der Waals surface area contributed by atoms with Crippen LogP contribution in [0.4, 0.5) is 5.82 Å². The van der Waals surface area contributed by atoms with Crippen LogP contribution in [0.15, 0.2) is 17.4 Å². The van der Waals surface area contributed by atoms with Crippen LogP contribution in [0, 0.1) is 0 Å². The van der Waals surface area contributed by atoms with Gasteiger partial charge >= 0.3 is 0 Å². The molecule has 0 unspecified atom stereocenters. The lowest BCUT2D eigenvalue weighted by atomic mass is 10.0. The van der Waals surface area contributed by atoms with Gasteiger partial charge in [-0.3, -0.25) is 4.98 Å². The summed E-state index contributed by atoms with van der Waals surface area (Å²) in [6.07, 6.45) is 11.6. The highest BCUT2D eigenvalue weighted by Gasteiger charge is 2.15. The van der Waals surface area contributed by atoms with E-state index in [1.165, 1.54) is 32.1 Å². The first-order chi connectivity index (χ1) is 8.38. The van der Waals surface area contributed by atoms with Gasteiger partial charge in [0, 0.05) is 11.8 Å². The maximum Gasteiger partial charge on any atom is 0.145 e. The molecule has 17 heavy (non-hydrogen) atoms. The molecule has 0 spiro atoms. The molecule has 0 aromatic carbocycles. The van der Waals surface area contributed by atoms with E-state index in [-0.39, 0.29) is 0 Å². The monoisotopic (exact) mass is 251 g/mol. The third-order valence-electron chi connectivity index (χ3n) is 3.01. The molecule has 0 bridgehead atoms. The van der Waals surface area contributed by atoms with Crippen molar-refractivity contribution in [3.05, 3.63) is 12.4 Å². The van der Waals surface area contributed by atoms with Gasteiger partial charge in [-0.05, 0) is 19.3 Å². The van der Waals surface area contributed by atoms with Crippen LogP contribution in [-0.4, -0.2) is 21.8 Å². The number of aromatic nitrogens is 2. The predicted octanol–water partition coefficient (Wildman–Crippen LogP) is 3.72. The second-order valence-electron chi connectivity index (χ2n) is 4.55. The van der Waals surface area contributed by atoms with Crippen molar-refractivity contribution < 1.29 is 0 Å². The Morgan fingerprint density at radius 2 is 2.12 bits per heavy atom. The van der Waals surface area contributed by atoms with Gasteiger partial charge in [-0.2, -0.15) is 0 Å². The first kappa shape index (κ1) is 12.7. The van der Waals surface area contributed by atoms with Crippen LogP contribution in [0.5, 0.6) is 0 Å². The lowest BCUT2D eigenvalue weighted by Gasteiger charge is -2.20. The molecule has 1 fully saturated rings. The molecule has 0 amide bonds. The second kappa shape index (κ2) is 6.84. The summed E-state index contributed by atoms with van der Waals surface area (Å²) in [6, 6.07) is 0. The third kappa shape index (κ3) is 4.19. The van der Waals surface area contributed by atoms with E-state index in [4.69, 9.17) is 0 Å². The Kier molecular flexibility index (Phi) is 5.10. The van der Waals surface area contributed by atoms with Crippen molar-refractivity contribution >= 4 is 17.6 Å². The van der Waals surface area contributed by atoms with Gasteiger partial charge in [0.05, 0.1) is 12.4 Å². The molecule has 1 heterocycles. The fraction of sp³-hybridized carbons (Fsp3) is 0.692. The van der Waals surface area contributed by atoms with Crippen molar-refractivity contribution in [1.82, 2.24) is 9.97 Å². The zero-order valence-electron chi connectivity index (χ0n) is 10.5. The zero-order valence-corrected chi connectivity index (χ0v) is 11.3. The quantitative estimate of drug-likeness (QED) is 0.865. The number of thioether (sulfide) groups is 1. The molecule has 1 aromatic rings. The van der Waals surface area contributed by atoms with E-state index in [9.17, 15) is 0 Å². The fourth-order valence-corrected chi connectivity index (χ4v) is 3.28. The topological polar surface area (TPSA) is 37.8 Å². The summed E-state index contributed by atoms with van der Waals surface area (Å²) in [4.78, 5) is 8.85. The van der Waals surface area contributed by atoms with Gasteiger partial charge in [0.25, 0.3) is 0 Å². The highest BCUT2D eigenvalue weighted by Crippen LogP contribution is 2.32. The fourth-order valence-electron chi connectivity index (χ4n) is 2.10. The molecular weight excluding hydrogens is 230 g/mol. The van der Waals surface area contributed by atoms with Gasteiger partial charge in [-0.15, -0.1) is 11.8 Å². The molecule has 2 rings (SSSR count). The summed E-state index contributed by atoms with van der Waals surface area (Å²) in [5.41, 5.74) is 0. The standard InChI is InChI=1S/C13H21N3S/c1-2-8-15-12-9-14-10-13(16-12)17-11-6-4-3-5-7-11/h9-11H,2-8H2,1H3,(H,15,16). The Balaban J connectivity index is 1.90. The van der Waals surface area contributed by atoms with Gasteiger partial charge < -0.3 is 5.32 Å². The lowest BCUT2D eigenvalue weighted by molar-refractivity contribution is 0.515. The van der Waals surface area contributed by atoms with E-state index in [0.29, 0.717) is 0 Å². The van der Waals surface area contributed by atoms with Crippen molar-refractivity contribution in [1.29, 1.82) is 0 Å². The minimum Gasteiger partial charge on any atom is -0.369 e. The van der Waals surface area contributed by atoms with Crippen LogP contribution in [0.2, 0.25) is 0 Å². The molecule has 0 radical (unpaired) electrons. The van der Waals surface area contributed by atoms with Crippen molar-refractivity contribution in [2.24, 2.45) is 0 Å². The van der Waals surface area contributed by atoms with E-state index in [1.807, 2.05) is 18.0 Å². The summed E-state index contributed by atoms with van der Waals surface area (Å²) in [5, 5.41) is 5.10. The van der Waals surface area contributed by atoms with Crippen molar-refractivity contribution in [3.8, 4) is 0 Å². The molecule has 1 N–H and O–H groups in total. The van der Waals surface area contributed by atoms with Crippen molar-refractivity contribution in [2.75, 3.05) is 11.9 Å². The summed E-state index contributed by atoms with van der Waals surface area (Å²) >= 11 is 1.90. The third-order valence-corrected chi connectivity index (χ3v) is 4.25. The van der Waals surface area contributed by atoms with Gasteiger partial charge in [0.2, 0.25) is 0 Å². The van der Waals surface area contributed by atoms with E-state index >= 15 is 0 Å². The average Bonchev–Trinajstić information content (AvgIpc) is 2.38. The van der Waals surface area contributed by atoms with Gasteiger partial charge in [0.1, 0.15) is 10.8 Å². The maximum absolute atomic E-state index is 4.59. The molecule has 0 saturated heterocycles. The number of hydrogen-bond donors (Lipinski definition) is 1. The normalized spacial score (nSPS) is 17.0. The molecule has 1 aromatic heterocycles. The molecule has 1 aliphatic rings. The Morgan fingerprint density at radius 1 is 1.29 bits per heavy atom. The first-order valence-corrected chi connectivity index (χ1v) is 7.49. The van der Waals surface area contributed by atoms with E-state index in [1.54, 1.807) is 6.20 Å². The van der Waals surface area contributed by atoms with Crippen LogP contribution < -0.4 is 5.32 Å².